The molecule has 100 valence electrons. The van der Waals surface area contributed by atoms with E-state index in [0.29, 0.717) is 22.7 Å². The van der Waals surface area contributed by atoms with E-state index in [0.717, 1.165) is 0 Å². The lowest BCUT2D eigenvalue weighted by atomic mass is 10.0. The highest BCUT2D eigenvalue weighted by molar-refractivity contribution is 6.30. The van der Waals surface area contributed by atoms with Gasteiger partial charge < -0.3 is 10.5 Å². The van der Waals surface area contributed by atoms with Gasteiger partial charge in [0.2, 0.25) is 0 Å². The molecule has 0 aliphatic rings. The third kappa shape index (κ3) is 3.22. The normalized spacial score (nSPS) is 12.2. The van der Waals surface area contributed by atoms with Gasteiger partial charge in [-0.2, -0.15) is 0 Å². The minimum atomic E-state index is -0.390. The topological polar surface area (TPSA) is 48.1 Å². The van der Waals surface area contributed by atoms with Crippen molar-refractivity contribution in [1.82, 2.24) is 4.98 Å². The average molecular weight is 281 g/mol. The minimum Gasteiger partial charge on any atom is -0.494 e. The smallest absolute Gasteiger partial charge is 0.168 e. The van der Waals surface area contributed by atoms with Crippen molar-refractivity contribution in [2.45, 2.75) is 12.5 Å². The summed E-state index contributed by atoms with van der Waals surface area (Å²) in [6.07, 6.45) is 1.87. The van der Waals surface area contributed by atoms with Gasteiger partial charge in [0, 0.05) is 6.20 Å². The predicted octanol–water partition coefficient (Wildman–Crippen LogP) is 3.13. The summed E-state index contributed by atoms with van der Waals surface area (Å²) in [4.78, 5) is 4.14. The summed E-state index contributed by atoms with van der Waals surface area (Å²) in [5.74, 6) is -0.164. The summed E-state index contributed by atoms with van der Waals surface area (Å²) < 4.78 is 18.9. The molecule has 19 heavy (non-hydrogen) atoms. The van der Waals surface area contributed by atoms with Crippen LogP contribution in [-0.2, 0) is 6.42 Å². The van der Waals surface area contributed by atoms with Gasteiger partial charge >= 0.3 is 0 Å². The minimum absolute atomic E-state index is 0.216. The molecule has 0 radical (unpaired) electrons. The van der Waals surface area contributed by atoms with Gasteiger partial charge in [0.1, 0.15) is 0 Å². The van der Waals surface area contributed by atoms with Crippen LogP contribution in [0.15, 0.2) is 36.5 Å². The summed E-state index contributed by atoms with van der Waals surface area (Å²) in [5.41, 5.74) is 7.20. The summed E-state index contributed by atoms with van der Waals surface area (Å²) in [5, 5.41) is 0.545. The van der Waals surface area contributed by atoms with E-state index in [1.54, 1.807) is 30.3 Å². The largest absolute Gasteiger partial charge is 0.494 e. The van der Waals surface area contributed by atoms with E-state index < -0.39 is 0 Å². The van der Waals surface area contributed by atoms with Gasteiger partial charge in [0.25, 0.3) is 0 Å². The first-order chi connectivity index (χ1) is 9.11. The van der Waals surface area contributed by atoms with E-state index in [2.05, 4.69) is 4.98 Å². The number of ether oxygens (including phenoxy) is 1. The summed E-state index contributed by atoms with van der Waals surface area (Å²) >= 11 is 5.76. The Morgan fingerprint density at radius 2 is 2.16 bits per heavy atom. The van der Waals surface area contributed by atoms with Crippen LogP contribution in [0.2, 0.25) is 5.02 Å². The van der Waals surface area contributed by atoms with Crippen LogP contribution < -0.4 is 10.5 Å². The number of halogens is 2. The molecule has 1 aromatic heterocycles. The van der Waals surface area contributed by atoms with Gasteiger partial charge in [-0.3, -0.25) is 4.98 Å². The molecular weight excluding hydrogens is 267 g/mol. The fourth-order valence-electron chi connectivity index (χ4n) is 1.82. The second-order valence-corrected chi connectivity index (χ2v) is 4.58. The second kappa shape index (κ2) is 5.99. The van der Waals surface area contributed by atoms with Gasteiger partial charge in [-0.1, -0.05) is 23.7 Å². The van der Waals surface area contributed by atoms with Crippen molar-refractivity contribution in [2.75, 3.05) is 7.11 Å². The van der Waals surface area contributed by atoms with Crippen LogP contribution in [0.3, 0.4) is 0 Å². The van der Waals surface area contributed by atoms with E-state index in [1.807, 2.05) is 0 Å². The maximum absolute atomic E-state index is 14.0. The number of pyridine rings is 1. The molecule has 0 aliphatic heterocycles. The quantitative estimate of drug-likeness (QED) is 0.936. The Hall–Kier alpha value is -1.65. The fourth-order valence-corrected chi connectivity index (χ4v) is 1.93. The van der Waals surface area contributed by atoms with Gasteiger partial charge in [-0.05, 0) is 30.2 Å². The number of nitrogens with zero attached hydrogens (tertiary/aromatic N) is 1. The molecule has 0 amide bonds. The van der Waals surface area contributed by atoms with Crippen molar-refractivity contribution in [3.8, 4) is 5.75 Å². The molecular formula is C14H14ClFN2O. The summed E-state index contributed by atoms with van der Waals surface area (Å²) in [6, 6.07) is 8.06. The van der Waals surface area contributed by atoms with Crippen molar-refractivity contribution in [1.29, 1.82) is 0 Å². The Balaban J connectivity index is 2.19. The van der Waals surface area contributed by atoms with Crippen LogP contribution in [0, 0.1) is 5.82 Å². The Morgan fingerprint density at radius 3 is 2.79 bits per heavy atom. The first-order valence-electron chi connectivity index (χ1n) is 5.80. The van der Waals surface area contributed by atoms with Crippen molar-refractivity contribution < 1.29 is 9.13 Å². The van der Waals surface area contributed by atoms with E-state index in [1.165, 1.54) is 13.3 Å². The predicted molar refractivity (Wildman–Crippen MR) is 72.8 cm³/mol. The Bertz CT molecular complexity index is 560. The van der Waals surface area contributed by atoms with Crippen LogP contribution in [0.4, 0.5) is 4.39 Å². The molecule has 2 rings (SSSR count). The molecule has 0 aliphatic carbocycles. The van der Waals surface area contributed by atoms with E-state index in [4.69, 9.17) is 22.1 Å². The molecule has 1 atom stereocenters. The SMILES string of the molecule is COc1cccc(CC(N)c2ccc(Cl)cn2)c1F. The zero-order valence-corrected chi connectivity index (χ0v) is 11.2. The number of hydrogen-bond donors (Lipinski definition) is 1. The highest BCUT2D eigenvalue weighted by atomic mass is 35.5. The summed E-state index contributed by atoms with van der Waals surface area (Å²) in [7, 11) is 1.43. The monoisotopic (exact) mass is 280 g/mol. The maximum atomic E-state index is 14.0. The van der Waals surface area contributed by atoms with Crippen LogP contribution in [0.25, 0.3) is 0 Å². The molecule has 0 saturated heterocycles. The molecule has 1 aromatic carbocycles. The summed E-state index contributed by atoms with van der Waals surface area (Å²) in [6.45, 7) is 0. The highest BCUT2D eigenvalue weighted by Crippen LogP contribution is 2.23. The molecule has 0 fully saturated rings. The van der Waals surface area contributed by atoms with E-state index >= 15 is 0 Å². The maximum Gasteiger partial charge on any atom is 0.168 e. The number of methoxy groups -OCH3 is 1. The fraction of sp³-hybridized carbons (Fsp3) is 0.214. The Labute approximate surface area is 116 Å². The van der Waals surface area contributed by atoms with Gasteiger partial charge in [-0.25, -0.2) is 4.39 Å². The molecule has 2 aromatic rings. The van der Waals surface area contributed by atoms with Crippen molar-refractivity contribution in [3.05, 3.63) is 58.6 Å². The Morgan fingerprint density at radius 1 is 1.37 bits per heavy atom. The lowest BCUT2D eigenvalue weighted by molar-refractivity contribution is 0.383. The number of nitrogens with two attached hydrogens (primary N) is 1. The molecule has 2 N–H and O–H groups in total. The van der Waals surface area contributed by atoms with Crippen molar-refractivity contribution in [3.63, 3.8) is 0 Å². The first-order valence-corrected chi connectivity index (χ1v) is 6.18. The molecule has 0 spiro atoms. The van der Waals surface area contributed by atoms with E-state index in [9.17, 15) is 4.39 Å². The van der Waals surface area contributed by atoms with E-state index in [-0.39, 0.29) is 17.6 Å². The van der Waals surface area contributed by atoms with Crippen LogP contribution in [0.5, 0.6) is 5.75 Å². The van der Waals surface area contributed by atoms with Crippen molar-refractivity contribution >= 4 is 11.6 Å². The third-order valence-electron chi connectivity index (χ3n) is 2.83. The molecule has 1 heterocycles. The third-order valence-corrected chi connectivity index (χ3v) is 3.06. The Kier molecular flexibility index (Phi) is 4.35. The molecule has 1 unspecified atom stereocenters. The lowest BCUT2D eigenvalue weighted by Gasteiger charge is -2.13. The number of aromatic nitrogens is 1. The van der Waals surface area contributed by atoms with Crippen LogP contribution in [0.1, 0.15) is 17.3 Å². The van der Waals surface area contributed by atoms with Crippen LogP contribution >= 0.6 is 11.6 Å². The zero-order valence-electron chi connectivity index (χ0n) is 10.4. The molecule has 0 bridgehead atoms. The van der Waals surface area contributed by atoms with Gasteiger partial charge in [-0.15, -0.1) is 0 Å². The lowest BCUT2D eigenvalue weighted by Crippen LogP contribution is -2.15. The second-order valence-electron chi connectivity index (χ2n) is 4.15. The molecule has 0 saturated carbocycles. The van der Waals surface area contributed by atoms with Crippen LogP contribution in [-0.4, -0.2) is 12.1 Å². The van der Waals surface area contributed by atoms with Crippen molar-refractivity contribution in [2.24, 2.45) is 5.73 Å². The zero-order chi connectivity index (χ0) is 13.8. The number of hydrogen-bond acceptors (Lipinski definition) is 3. The molecule has 5 heteroatoms. The first kappa shape index (κ1) is 13.8. The number of benzene rings is 1. The average Bonchev–Trinajstić information content (AvgIpc) is 2.42. The molecule has 3 nitrogen and oxygen atoms in total. The highest BCUT2D eigenvalue weighted by Gasteiger charge is 2.14. The number of rotatable bonds is 4. The standard InChI is InChI=1S/C14H14ClFN2O/c1-19-13-4-2-3-9(14(13)16)7-11(17)12-6-5-10(15)8-18-12/h2-6,8,11H,7,17H2,1H3. The van der Waals surface area contributed by atoms with Gasteiger partial charge in [0.05, 0.1) is 23.9 Å². The van der Waals surface area contributed by atoms with Gasteiger partial charge in [0.15, 0.2) is 11.6 Å².